The quantitative estimate of drug-likeness (QED) is 0.848. The van der Waals surface area contributed by atoms with Crippen LogP contribution in [0.1, 0.15) is 24.7 Å². The van der Waals surface area contributed by atoms with E-state index < -0.39 is 10.8 Å². The average molecular weight is 278 g/mol. The van der Waals surface area contributed by atoms with Crippen molar-refractivity contribution in [3.05, 3.63) is 35.9 Å². The molecule has 1 atom stereocenters. The molecule has 6 heteroatoms. The lowest BCUT2D eigenvalue weighted by Gasteiger charge is -2.08. The standard InChI is InChI=1S/C13H18N4OS/c1-3-6-17-13(15-9-16-17)8-19(18)12-7-11(14)5-4-10(12)2/h4-5,7,9H,3,6,8,14H2,1-2H3. The van der Waals surface area contributed by atoms with E-state index in [1.165, 1.54) is 6.33 Å². The lowest BCUT2D eigenvalue weighted by atomic mass is 10.2. The van der Waals surface area contributed by atoms with Gasteiger partial charge in [-0.1, -0.05) is 13.0 Å². The van der Waals surface area contributed by atoms with Crippen molar-refractivity contribution in [2.24, 2.45) is 0 Å². The van der Waals surface area contributed by atoms with Gasteiger partial charge in [0.2, 0.25) is 0 Å². The second kappa shape index (κ2) is 5.97. The van der Waals surface area contributed by atoms with Crippen LogP contribution in [0.25, 0.3) is 0 Å². The molecule has 0 aliphatic carbocycles. The van der Waals surface area contributed by atoms with Crippen molar-refractivity contribution in [2.75, 3.05) is 5.73 Å². The summed E-state index contributed by atoms with van der Waals surface area (Å²) in [4.78, 5) is 4.95. The Morgan fingerprint density at radius 1 is 1.42 bits per heavy atom. The fourth-order valence-electron chi connectivity index (χ4n) is 1.86. The number of aromatic nitrogens is 3. The largest absolute Gasteiger partial charge is 0.399 e. The van der Waals surface area contributed by atoms with E-state index in [1.807, 2.05) is 19.1 Å². The minimum absolute atomic E-state index is 0.365. The van der Waals surface area contributed by atoms with E-state index in [4.69, 9.17) is 5.73 Å². The van der Waals surface area contributed by atoms with Crippen molar-refractivity contribution in [2.45, 2.75) is 37.5 Å². The van der Waals surface area contributed by atoms with Crippen molar-refractivity contribution >= 4 is 16.5 Å². The van der Waals surface area contributed by atoms with Gasteiger partial charge >= 0.3 is 0 Å². The predicted molar refractivity (Wildman–Crippen MR) is 76.0 cm³/mol. The number of nitrogens with two attached hydrogens (primary N) is 1. The van der Waals surface area contributed by atoms with E-state index in [2.05, 4.69) is 17.0 Å². The van der Waals surface area contributed by atoms with Gasteiger partial charge in [0.05, 0.1) is 16.6 Å². The van der Waals surface area contributed by atoms with Crippen molar-refractivity contribution in [1.29, 1.82) is 0 Å². The molecule has 0 amide bonds. The zero-order chi connectivity index (χ0) is 13.8. The molecule has 102 valence electrons. The highest BCUT2D eigenvalue weighted by atomic mass is 32.2. The molecule has 1 unspecified atom stereocenters. The van der Waals surface area contributed by atoms with Gasteiger partial charge in [-0.3, -0.25) is 4.21 Å². The number of hydrogen-bond acceptors (Lipinski definition) is 4. The van der Waals surface area contributed by atoms with E-state index in [9.17, 15) is 4.21 Å². The Hall–Kier alpha value is -1.69. The zero-order valence-corrected chi connectivity index (χ0v) is 12.0. The maximum Gasteiger partial charge on any atom is 0.139 e. The van der Waals surface area contributed by atoms with Crippen LogP contribution in [0.3, 0.4) is 0 Å². The lowest BCUT2D eigenvalue weighted by molar-refractivity contribution is 0.579. The first-order valence-corrected chi connectivity index (χ1v) is 7.55. The lowest BCUT2D eigenvalue weighted by Crippen LogP contribution is -2.09. The number of anilines is 1. The Morgan fingerprint density at radius 2 is 2.21 bits per heavy atom. The van der Waals surface area contributed by atoms with Gasteiger partial charge in [-0.2, -0.15) is 5.10 Å². The van der Waals surface area contributed by atoms with Crippen molar-refractivity contribution < 1.29 is 4.21 Å². The molecular formula is C13H18N4OS. The Balaban J connectivity index is 2.21. The molecule has 0 saturated heterocycles. The Bertz CT molecular complexity index is 594. The summed E-state index contributed by atoms with van der Waals surface area (Å²) in [6, 6.07) is 5.47. The van der Waals surface area contributed by atoms with Crippen molar-refractivity contribution in [3.8, 4) is 0 Å². The van der Waals surface area contributed by atoms with Crippen LogP contribution >= 0.6 is 0 Å². The summed E-state index contributed by atoms with van der Waals surface area (Å²) >= 11 is 0. The van der Waals surface area contributed by atoms with Crippen molar-refractivity contribution in [3.63, 3.8) is 0 Å². The molecule has 5 nitrogen and oxygen atoms in total. The summed E-state index contributed by atoms with van der Waals surface area (Å²) in [5, 5.41) is 4.14. The molecule has 1 heterocycles. The Morgan fingerprint density at radius 3 is 2.95 bits per heavy atom. The summed E-state index contributed by atoms with van der Waals surface area (Å²) in [6.07, 6.45) is 2.48. The first kappa shape index (κ1) is 13.7. The van der Waals surface area contributed by atoms with Crippen LogP contribution in [0, 0.1) is 6.92 Å². The molecule has 0 aliphatic heterocycles. The van der Waals surface area contributed by atoms with E-state index in [0.29, 0.717) is 11.4 Å². The number of aryl methyl sites for hydroxylation is 2. The van der Waals surface area contributed by atoms with Gasteiger partial charge in [-0.05, 0) is 31.0 Å². The number of nitrogens with zero attached hydrogens (tertiary/aromatic N) is 3. The Kier molecular flexibility index (Phi) is 4.31. The first-order chi connectivity index (χ1) is 9.11. The summed E-state index contributed by atoms with van der Waals surface area (Å²) in [6.45, 7) is 4.80. The summed E-state index contributed by atoms with van der Waals surface area (Å²) in [7, 11) is -1.15. The molecule has 0 spiro atoms. The molecule has 0 aliphatic rings. The molecule has 0 radical (unpaired) electrons. The van der Waals surface area contributed by atoms with Gasteiger partial charge < -0.3 is 5.73 Å². The number of rotatable bonds is 5. The van der Waals surface area contributed by atoms with E-state index in [1.54, 1.807) is 10.7 Å². The van der Waals surface area contributed by atoms with E-state index in [0.717, 1.165) is 29.2 Å². The van der Waals surface area contributed by atoms with Gasteiger partial charge in [-0.15, -0.1) is 0 Å². The Labute approximate surface area is 115 Å². The number of hydrogen-bond donors (Lipinski definition) is 1. The van der Waals surface area contributed by atoms with Crippen molar-refractivity contribution in [1.82, 2.24) is 14.8 Å². The van der Waals surface area contributed by atoms with E-state index in [-0.39, 0.29) is 0 Å². The monoisotopic (exact) mass is 278 g/mol. The molecular weight excluding hydrogens is 260 g/mol. The fraction of sp³-hybridized carbons (Fsp3) is 0.385. The summed E-state index contributed by atoms with van der Waals surface area (Å²) in [5.41, 5.74) is 7.36. The van der Waals surface area contributed by atoms with Crippen LogP contribution in [-0.4, -0.2) is 19.0 Å². The first-order valence-electron chi connectivity index (χ1n) is 6.23. The van der Waals surface area contributed by atoms with Gasteiger partial charge in [0.25, 0.3) is 0 Å². The third-order valence-corrected chi connectivity index (χ3v) is 4.30. The molecule has 1 aromatic carbocycles. The topological polar surface area (TPSA) is 73.8 Å². The molecule has 1 aromatic heterocycles. The van der Waals surface area contributed by atoms with Crippen LogP contribution in [0.2, 0.25) is 0 Å². The number of benzene rings is 1. The fourth-order valence-corrected chi connectivity index (χ4v) is 3.16. The molecule has 0 saturated carbocycles. The molecule has 2 aromatic rings. The van der Waals surface area contributed by atoms with Crippen LogP contribution in [-0.2, 0) is 23.1 Å². The normalized spacial score (nSPS) is 12.5. The highest BCUT2D eigenvalue weighted by Crippen LogP contribution is 2.19. The minimum Gasteiger partial charge on any atom is -0.399 e. The maximum atomic E-state index is 12.4. The summed E-state index contributed by atoms with van der Waals surface area (Å²) in [5.74, 6) is 1.12. The molecule has 0 bridgehead atoms. The smallest absolute Gasteiger partial charge is 0.139 e. The third-order valence-electron chi connectivity index (χ3n) is 2.85. The van der Waals surface area contributed by atoms with Gasteiger partial charge in [-0.25, -0.2) is 9.67 Å². The average Bonchev–Trinajstić information content (AvgIpc) is 2.80. The van der Waals surface area contributed by atoms with Crippen LogP contribution in [0.5, 0.6) is 0 Å². The predicted octanol–water partition coefficient (Wildman–Crippen LogP) is 1.89. The molecule has 19 heavy (non-hydrogen) atoms. The SMILES string of the molecule is CCCn1ncnc1CS(=O)c1cc(N)ccc1C. The highest BCUT2D eigenvalue weighted by molar-refractivity contribution is 7.84. The van der Waals surface area contributed by atoms with Gasteiger partial charge in [0, 0.05) is 17.1 Å². The number of nitrogen functional groups attached to an aromatic ring is 1. The van der Waals surface area contributed by atoms with Crippen LogP contribution in [0.15, 0.2) is 29.4 Å². The second-order valence-electron chi connectivity index (χ2n) is 4.41. The molecule has 0 fully saturated rings. The van der Waals surface area contributed by atoms with Crippen LogP contribution < -0.4 is 5.73 Å². The van der Waals surface area contributed by atoms with Gasteiger partial charge in [0.15, 0.2) is 0 Å². The highest BCUT2D eigenvalue weighted by Gasteiger charge is 2.12. The van der Waals surface area contributed by atoms with Gasteiger partial charge in [0.1, 0.15) is 12.2 Å². The minimum atomic E-state index is -1.15. The molecule has 2 N–H and O–H groups in total. The molecule has 2 rings (SSSR count). The summed E-state index contributed by atoms with van der Waals surface area (Å²) < 4.78 is 14.2. The zero-order valence-electron chi connectivity index (χ0n) is 11.2. The van der Waals surface area contributed by atoms with Crippen LogP contribution in [0.4, 0.5) is 5.69 Å². The second-order valence-corrected chi connectivity index (χ2v) is 5.83. The maximum absolute atomic E-state index is 12.4. The van der Waals surface area contributed by atoms with E-state index >= 15 is 0 Å². The third kappa shape index (κ3) is 3.20.